The number of ketones is 1. The molecule has 4 saturated heterocycles. The molecule has 6 fully saturated rings. The maximum atomic E-state index is 14.0. The van der Waals surface area contributed by atoms with Gasteiger partial charge in [0.1, 0.15) is 18.1 Å². The number of carbonyl (C=O) groups is 2. The summed E-state index contributed by atoms with van der Waals surface area (Å²) in [6, 6.07) is 0. The highest BCUT2D eigenvalue weighted by molar-refractivity contribution is 5.86. The van der Waals surface area contributed by atoms with E-state index in [0.29, 0.717) is 43.6 Å². The zero-order valence-corrected chi connectivity index (χ0v) is 22.5. The van der Waals surface area contributed by atoms with Crippen molar-refractivity contribution in [3.05, 3.63) is 0 Å². The molecule has 6 rings (SSSR count). The largest absolute Gasteiger partial charge is 0.462 e. The quantitative estimate of drug-likeness (QED) is 0.543. The van der Waals surface area contributed by atoms with Crippen LogP contribution in [-0.2, 0) is 23.8 Å². The van der Waals surface area contributed by atoms with Gasteiger partial charge < -0.3 is 24.6 Å². The smallest absolute Gasteiger partial charge is 0.306 e. The van der Waals surface area contributed by atoms with Gasteiger partial charge in [0.15, 0.2) is 0 Å². The Balaban J connectivity index is 1.23. The molecule has 0 aromatic heterocycles. The first kappa shape index (κ1) is 26.2. The molecule has 37 heavy (non-hydrogen) atoms. The Morgan fingerprint density at radius 1 is 1.00 bits per heavy atom. The highest BCUT2D eigenvalue weighted by atomic mass is 16.6. The SMILES string of the molecule is COC1CCC(C2COC3C(C2=O)C(O)CC2OC(=O)CC(C4CCC[NH2+]C4N4CCCCC4)C23)CC1. The number of likely N-dealkylation sites (tertiary alicyclic amines) is 1. The lowest BCUT2D eigenvalue weighted by molar-refractivity contribution is -0.727. The van der Waals surface area contributed by atoms with Gasteiger partial charge in [-0.2, -0.15) is 0 Å². The van der Waals surface area contributed by atoms with Gasteiger partial charge in [-0.3, -0.25) is 14.5 Å². The van der Waals surface area contributed by atoms with Gasteiger partial charge in [0, 0.05) is 50.8 Å². The fraction of sp³-hybridized carbons (Fsp3) is 0.931. The van der Waals surface area contributed by atoms with Gasteiger partial charge in [-0.15, -0.1) is 0 Å². The standard InChI is InChI=1S/C29H46N2O6/c1-35-18-9-7-17(8-10-18)21-16-36-28-25-20(14-24(33)37-23(25)15-22(32)26(28)27(21)34)19-6-5-11-30-29(19)31-12-3-2-4-13-31/h17-23,25-26,28-30,32H,2-16H2,1H3/p+1. The second kappa shape index (κ2) is 11.2. The number of nitrogens with two attached hydrogens (primary N) is 1. The summed E-state index contributed by atoms with van der Waals surface area (Å²) in [6.45, 7) is 3.84. The van der Waals surface area contributed by atoms with Gasteiger partial charge in [-0.1, -0.05) is 6.42 Å². The molecule has 8 heteroatoms. The van der Waals surface area contributed by atoms with Crippen molar-refractivity contribution < 1.29 is 34.2 Å². The van der Waals surface area contributed by atoms with E-state index in [1.165, 1.54) is 19.3 Å². The van der Waals surface area contributed by atoms with Crippen molar-refractivity contribution in [3.63, 3.8) is 0 Å². The molecule has 0 aromatic rings. The first-order chi connectivity index (χ1) is 18.0. The molecule has 208 valence electrons. The van der Waals surface area contributed by atoms with E-state index in [1.54, 1.807) is 7.11 Å². The van der Waals surface area contributed by atoms with Gasteiger partial charge in [-0.05, 0) is 63.2 Å². The number of hydrogen-bond acceptors (Lipinski definition) is 7. The van der Waals surface area contributed by atoms with Crippen molar-refractivity contribution in [1.82, 2.24) is 4.90 Å². The molecule has 0 amide bonds. The van der Waals surface area contributed by atoms with Crippen LogP contribution in [0.5, 0.6) is 0 Å². The number of ether oxygens (including phenoxy) is 3. The highest BCUT2D eigenvalue weighted by Crippen LogP contribution is 2.50. The third-order valence-corrected chi connectivity index (χ3v) is 11.0. The number of hydrogen-bond donors (Lipinski definition) is 2. The summed E-state index contributed by atoms with van der Waals surface area (Å²) in [6.07, 6.45) is 9.93. The molecule has 4 aliphatic heterocycles. The topological polar surface area (TPSA) is 102 Å². The summed E-state index contributed by atoms with van der Waals surface area (Å²) >= 11 is 0. The summed E-state index contributed by atoms with van der Waals surface area (Å²) < 4.78 is 18.0. The zero-order chi connectivity index (χ0) is 25.5. The monoisotopic (exact) mass is 519 g/mol. The Bertz CT molecular complexity index is 825. The van der Waals surface area contributed by atoms with Gasteiger partial charge in [-0.25, -0.2) is 0 Å². The minimum Gasteiger partial charge on any atom is -0.462 e. The fourth-order valence-electron chi connectivity index (χ4n) is 9.14. The van der Waals surface area contributed by atoms with Crippen LogP contribution < -0.4 is 5.32 Å². The van der Waals surface area contributed by atoms with E-state index in [1.807, 2.05) is 0 Å². The molecular weight excluding hydrogens is 472 g/mol. The van der Waals surface area contributed by atoms with Gasteiger partial charge in [0.05, 0.1) is 37.4 Å². The van der Waals surface area contributed by atoms with Crippen molar-refractivity contribution in [2.75, 3.05) is 33.4 Å². The molecule has 9 atom stereocenters. The van der Waals surface area contributed by atoms with Crippen LogP contribution in [0.15, 0.2) is 0 Å². The molecule has 4 heterocycles. The average molecular weight is 520 g/mol. The first-order valence-electron chi connectivity index (χ1n) is 15.2. The lowest BCUT2D eigenvalue weighted by Gasteiger charge is -2.55. The van der Waals surface area contributed by atoms with Crippen molar-refractivity contribution in [1.29, 1.82) is 0 Å². The zero-order valence-electron chi connectivity index (χ0n) is 22.5. The number of aliphatic hydroxyl groups excluding tert-OH is 1. The molecule has 9 unspecified atom stereocenters. The number of quaternary nitrogens is 1. The normalized spacial score (nSPS) is 47.6. The summed E-state index contributed by atoms with van der Waals surface area (Å²) in [5.74, 6) is 0.223. The van der Waals surface area contributed by atoms with Crippen LogP contribution in [-0.4, -0.2) is 85.7 Å². The van der Waals surface area contributed by atoms with Crippen LogP contribution in [0.2, 0.25) is 0 Å². The number of fused-ring (bicyclic) bond motifs is 3. The molecule has 2 saturated carbocycles. The number of Topliss-reactive ketones (excluding diaryl/α,β-unsaturated/α-hetero) is 1. The van der Waals surface area contributed by atoms with E-state index in [9.17, 15) is 14.7 Å². The number of esters is 1. The van der Waals surface area contributed by atoms with E-state index in [4.69, 9.17) is 14.2 Å². The second-order valence-corrected chi connectivity index (χ2v) is 12.8. The maximum Gasteiger partial charge on any atom is 0.306 e. The lowest BCUT2D eigenvalue weighted by Crippen LogP contribution is -2.97. The second-order valence-electron chi connectivity index (χ2n) is 12.8. The van der Waals surface area contributed by atoms with Crippen LogP contribution in [0.1, 0.15) is 70.6 Å². The molecule has 2 aliphatic carbocycles. The fourth-order valence-corrected chi connectivity index (χ4v) is 9.14. The summed E-state index contributed by atoms with van der Waals surface area (Å²) in [5, 5.41) is 13.7. The Labute approximate surface area is 221 Å². The Morgan fingerprint density at radius 3 is 2.54 bits per heavy atom. The maximum absolute atomic E-state index is 14.0. The number of carbonyl (C=O) groups excluding carboxylic acids is 2. The van der Waals surface area contributed by atoms with Gasteiger partial charge >= 0.3 is 5.97 Å². The third kappa shape index (κ3) is 5.02. The first-order valence-corrected chi connectivity index (χ1v) is 15.2. The van der Waals surface area contributed by atoms with Crippen molar-refractivity contribution in [2.45, 2.75) is 101 Å². The number of methoxy groups -OCH3 is 1. The van der Waals surface area contributed by atoms with Crippen LogP contribution in [0.4, 0.5) is 0 Å². The van der Waals surface area contributed by atoms with Crippen LogP contribution in [0, 0.1) is 35.5 Å². The third-order valence-electron chi connectivity index (χ3n) is 11.0. The Morgan fingerprint density at radius 2 is 1.78 bits per heavy atom. The van der Waals surface area contributed by atoms with E-state index in [0.717, 1.165) is 58.2 Å². The number of aliphatic hydroxyl groups is 1. The molecular formula is C29H47N2O6+. The minimum atomic E-state index is -0.806. The Hall–Kier alpha value is -1.06. The predicted molar refractivity (Wildman–Crippen MR) is 135 cm³/mol. The molecule has 6 aliphatic rings. The van der Waals surface area contributed by atoms with E-state index in [-0.39, 0.29) is 41.7 Å². The summed E-state index contributed by atoms with van der Waals surface area (Å²) in [4.78, 5) is 29.5. The predicted octanol–water partition coefficient (Wildman–Crippen LogP) is 1.49. The molecule has 0 spiro atoms. The molecule has 0 radical (unpaired) electrons. The van der Waals surface area contributed by atoms with Crippen molar-refractivity contribution in [3.8, 4) is 0 Å². The van der Waals surface area contributed by atoms with E-state index >= 15 is 0 Å². The number of piperidine rings is 2. The van der Waals surface area contributed by atoms with Crippen molar-refractivity contribution >= 4 is 11.8 Å². The lowest BCUT2D eigenvalue weighted by atomic mass is 9.59. The molecule has 0 aromatic carbocycles. The van der Waals surface area contributed by atoms with Gasteiger partial charge in [0.2, 0.25) is 0 Å². The van der Waals surface area contributed by atoms with Crippen LogP contribution >= 0.6 is 0 Å². The highest BCUT2D eigenvalue weighted by Gasteiger charge is 2.60. The molecule has 0 bridgehead atoms. The van der Waals surface area contributed by atoms with E-state index < -0.39 is 12.0 Å². The Kier molecular flexibility index (Phi) is 7.93. The van der Waals surface area contributed by atoms with E-state index in [2.05, 4.69) is 10.2 Å². The summed E-state index contributed by atoms with van der Waals surface area (Å²) in [5.41, 5.74) is 0. The molecule has 3 N–H and O–H groups in total. The van der Waals surface area contributed by atoms with Crippen LogP contribution in [0.3, 0.4) is 0 Å². The van der Waals surface area contributed by atoms with Gasteiger partial charge in [0.25, 0.3) is 0 Å². The van der Waals surface area contributed by atoms with Crippen molar-refractivity contribution in [2.24, 2.45) is 35.5 Å². The minimum absolute atomic E-state index is 0.0102. The number of rotatable bonds is 4. The van der Waals surface area contributed by atoms with Crippen LogP contribution in [0.25, 0.3) is 0 Å². The number of nitrogens with zero attached hydrogens (tertiary/aromatic N) is 1. The average Bonchev–Trinajstić information content (AvgIpc) is 2.93. The molecule has 8 nitrogen and oxygen atoms in total. The summed E-state index contributed by atoms with van der Waals surface area (Å²) in [7, 11) is 1.77.